The van der Waals surface area contributed by atoms with E-state index in [1.54, 1.807) is 7.11 Å². The van der Waals surface area contributed by atoms with Crippen molar-refractivity contribution in [3.8, 4) is 0 Å². The van der Waals surface area contributed by atoms with Crippen LogP contribution in [0.25, 0.3) is 0 Å². The Bertz CT molecular complexity index is 380. The number of hydrogen-bond acceptors (Lipinski definition) is 4. The molecule has 1 aromatic heterocycles. The summed E-state index contributed by atoms with van der Waals surface area (Å²) >= 11 is 0. The van der Waals surface area contributed by atoms with Crippen LogP contribution in [0, 0.1) is 5.92 Å². The topological polar surface area (TPSA) is 37.4 Å². The van der Waals surface area contributed by atoms with Gasteiger partial charge in [0.1, 0.15) is 5.82 Å². The zero-order valence-corrected chi connectivity index (χ0v) is 13.5. The number of hydrogen-bond donors (Lipinski definition) is 1. The lowest BCUT2D eigenvalue weighted by molar-refractivity contribution is 0.204. The molecule has 0 aliphatic rings. The molecule has 0 radical (unpaired) electrons. The Kier molecular flexibility index (Phi) is 7.55. The monoisotopic (exact) mass is 279 g/mol. The molecular weight excluding hydrogens is 250 g/mol. The molecule has 0 spiro atoms. The summed E-state index contributed by atoms with van der Waals surface area (Å²) < 4.78 is 5.20. The van der Waals surface area contributed by atoms with E-state index in [0.29, 0.717) is 12.0 Å². The molecule has 0 aliphatic heterocycles. The Morgan fingerprint density at radius 2 is 2.00 bits per heavy atom. The fourth-order valence-corrected chi connectivity index (χ4v) is 1.99. The van der Waals surface area contributed by atoms with Crippen LogP contribution in [-0.4, -0.2) is 37.8 Å². The standard InChI is InChI=1S/C16H29N3O/c1-13(2)12-19(9-10-20-5)16-8-6-7-15(18-16)11-17-14(3)4/h6-8,13-14,17H,9-12H2,1-5H3. The summed E-state index contributed by atoms with van der Waals surface area (Å²) in [6.45, 7) is 12.2. The minimum absolute atomic E-state index is 0.473. The summed E-state index contributed by atoms with van der Waals surface area (Å²) in [5, 5.41) is 3.41. The van der Waals surface area contributed by atoms with Crippen molar-refractivity contribution in [1.29, 1.82) is 0 Å². The first-order chi connectivity index (χ1) is 9.52. The summed E-state index contributed by atoms with van der Waals surface area (Å²) in [5.74, 6) is 1.64. The van der Waals surface area contributed by atoms with Crippen LogP contribution < -0.4 is 10.2 Å². The minimum atomic E-state index is 0.473. The summed E-state index contributed by atoms with van der Waals surface area (Å²) in [6.07, 6.45) is 0. The highest BCUT2D eigenvalue weighted by atomic mass is 16.5. The van der Waals surface area contributed by atoms with Gasteiger partial charge in [0.2, 0.25) is 0 Å². The fourth-order valence-electron chi connectivity index (χ4n) is 1.99. The van der Waals surface area contributed by atoms with Crippen LogP contribution in [0.4, 0.5) is 5.82 Å². The molecule has 4 nitrogen and oxygen atoms in total. The molecule has 114 valence electrons. The van der Waals surface area contributed by atoms with Gasteiger partial charge in [-0.15, -0.1) is 0 Å². The largest absolute Gasteiger partial charge is 0.383 e. The van der Waals surface area contributed by atoms with Gasteiger partial charge in [0.15, 0.2) is 0 Å². The van der Waals surface area contributed by atoms with Crippen molar-refractivity contribution < 1.29 is 4.74 Å². The van der Waals surface area contributed by atoms with Crippen LogP contribution in [0.3, 0.4) is 0 Å². The van der Waals surface area contributed by atoms with E-state index in [2.05, 4.69) is 56.1 Å². The maximum Gasteiger partial charge on any atom is 0.128 e. The van der Waals surface area contributed by atoms with Gasteiger partial charge in [0, 0.05) is 32.8 Å². The highest BCUT2D eigenvalue weighted by Crippen LogP contribution is 2.13. The second-order valence-electron chi connectivity index (χ2n) is 5.86. The third kappa shape index (κ3) is 6.35. The molecule has 0 aliphatic carbocycles. The van der Waals surface area contributed by atoms with Gasteiger partial charge < -0.3 is 15.0 Å². The predicted octanol–water partition coefficient (Wildman–Crippen LogP) is 2.69. The Morgan fingerprint density at radius 1 is 1.25 bits per heavy atom. The van der Waals surface area contributed by atoms with Crippen molar-refractivity contribution in [1.82, 2.24) is 10.3 Å². The molecule has 1 rings (SSSR count). The van der Waals surface area contributed by atoms with Crippen molar-refractivity contribution in [2.24, 2.45) is 5.92 Å². The van der Waals surface area contributed by atoms with Gasteiger partial charge in [-0.2, -0.15) is 0 Å². The van der Waals surface area contributed by atoms with Crippen LogP contribution in [-0.2, 0) is 11.3 Å². The summed E-state index contributed by atoms with van der Waals surface area (Å²) in [4.78, 5) is 7.06. The zero-order valence-electron chi connectivity index (χ0n) is 13.5. The van der Waals surface area contributed by atoms with Gasteiger partial charge in [0.05, 0.1) is 12.3 Å². The molecule has 0 saturated heterocycles. The fraction of sp³-hybridized carbons (Fsp3) is 0.688. The van der Waals surface area contributed by atoms with E-state index in [1.165, 1.54) is 0 Å². The van der Waals surface area contributed by atoms with Crippen LogP contribution in [0.2, 0.25) is 0 Å². The smallest absolute Gasteiger partial charge is 0.128 e. The molecule has 1 N–H and O–H groups in total. The SMILES string of the molecule is COCCN(CC(C)C)c1cccc(CNC(C)C)n1. The van der Waals surface area contributed by atoms with Crippen LogP contribution >= 0.6 is 0 Å². The number of rotatable bonds is 9. The molecule has 20 heavy (non-hydrogen) atoms. The first kappa shape index (κ1) is 16.9. The highest BCUT2D eigenvalue weighted by molar-refractivity contribution is 5.39. The molecular formula is C16H29N3O. The normalized spacial score (nSPS) is 11.3. The maximum absolute atomic E-state index is 5.20. The number of aromatic nitrogens is 1. The summed E-state index contributed by atoms with van der Waals surface area (Å²) in [5.41, 5.74) is 1.09. The van der Waals surface area contributed by atoms with Crippen molar-refractivity contribution >= 4 is 5.82 Å². The molecule has 0 aromatic carbocycles. The van der Waals surface area contributed by atoms with Crippen LogP contribution in [0.5, 0.6) is 0 Å². The van der Waals surface area contributed by atoms with E-state index >= 15 is 0 Å². The number of methoxy groups -OCH3 is 1. The van der Waals surface area contributed by atoms with Crippen molar-refractivity contribution in [3.05, 3.63) is 23.9 Å². The summed E-state index contributed by atoms with van der Waals surface area (Å²) in [7, 11) is 1.74. The van der Waals surface area contributed by atoms with Gasteiger partial charge >= 0.3 is 0 Å². The molecule has 0 bridgehead atoms. The first-order valence-corrected chi connectivity index (χ1v) is 7.46. The third-order valence-corrected chi connectivity index (χ3v) is 2.96. The Balaban J connectivity index is 2.75. The van der Waals surface area contributed by atoms with Gasteiger partial charge in [-0.1, -0.05) is 33.8 Å². The quantitative estimate of drug-likeness (QED) is 0.754. The molecule has 0 saturated carbocycles. The number of pyridine rings is 1. The third-order valence-electron chi connectivity index (χ3n) is 2.96. The first-order valence-electron chi connectivity index (χ1n) is 7.46. The van der Waals surface area contributed by atoms with E-state index in [0.717, 1.165) is 37.8 Å². The molecule has 1 aromatic rings. The average molecular weight is 279 g/mol. The van der Waals surface area contributed by atoms with E-state index in [4.69, 9.17) is 9.72 Å². The minimum Gasteiger partial charge on any atom is -0.383 e. The van der Waals surface area contributed by atoms with Gasteiger partial charge in [-0.25, -0.2) is 4.98 Å². The Hall–Kier alpha value is -1.13. The number of nitrogens with one attached hydrogen (secondary N) is 1. The second-order valence-corrected chi connectivity index (χ2v) is 5.86. The Labute approximate surface area is 123 Å². The highest BCUT2D eigenvalue weighted by Gasteiger charge is 2.10. The lowest BCUT2D eigenvalue weighted by Gasteiger charge is -2.25. The molecule has 0 unspecified atom stereocenters. The van der Waals surface area contributed by atoms with E-state index in [-0.39, 0.29) is 0 Å². The Morgan fingerprint density at radius 3 is 2.60 bits per heavy atom. The van der Waals surface area contributed by atoms with E-state index < -0.39 is 0 Å². The van der Waals surface area contributed by atoms with Crippen molar-refractivity contribution in [2.45, 2.75) is 40.3 Å². The number of anilines is 1. The molecule has 0 atom stereocenters. The van der Waals surface area contributed by atoms with Gasteiger partial charge in [-0.05, 0) is 18.1 Å². The molecule has 0 fully saturated rings. The summed E-state index contributed by atoms with van der Waals surface area (Å²) in [6, 6.07) is 6.71. The van der Waals surface area contributed by atoms with E-state index in [1.807, 2.05) is 0 Å². The van der Waals surface area contributed by atoms with Crippen molar-refractivity contribution in [2.75, 3.05) is 31.7 Å². The second kappa shape index (κ2) is 8.93. The van der Waals surface area contributed by atoms with E-state index in [9.17, 15) is 0 Å². The molecule has 0 amide bonds. The predicted molar refractivity (Wildman–Crippen MR) is 85.1 cm³/mol. The maximum atomic E-state index is 5.20. The lowest BCUT2D eigenvalue weighted by atomic mass is 10.2. The van der Waals surface area contributed by atoms with Crippen molar-refractivity contribution in [3.63, 3.8) is 0 Å². The lowest BCUT2D eigenvalue weighted by Crippen LogP contribution is -2.32. The van der Waals surface area contributed by atoms with Crippen LogP contribution in [0.1, 0.15) is 33.4 Å². The zero-order chi connectivity index (χ0) is 15.0. The molecule has 4 heteroatoms. The number of ether oxygens (including phenoxy) is 1. The molecule has 1 heterocycles. The van der Waals surface area contributed by atoms with Gasteiger partial charge in [0.25, 0.3) is 0 Å². The van der Waals surface area contributed by atoms with Gasteiger partial charge in [-0.3, -0.25) is 0 Å². The average Bonchev–Trinajstić information content (AvgIpc) is 2.41. The van der Waals surface area contributed by atoms with Crippen LogP contribution in [0.15, 0.2) is 18.2 Å². The number of nitrogens with zero attached hydrogens (tertiary/aromatic N) is 2.